The second-order valence-corrected chi connectivity index (χ2v) is 6.43. The van der Waals surface area contributed by atoms with Crippen molar-refractivity contribution in [1.82, 2.24) is 5.32 Å². The molecule has 0 heterocycles. The highest BCUT2D eigenvalue weighted by atomic mass is 35.5. The van der Waals surface area contributed by atoms with Crippen molar-refractivity contribution in [2.75, 3.05) is 11.9 Å². The van der Waals surface area contributed by atoms with Crippen LogP contribution in [0.5, 0.6) is 5.75 Å². The van der Waals surface area contributed by atoms with Crippen LogP contribution in [0.2, 0.25) is 5.02 Å². The minimum Gasteiger partial charge on any atom is -0.494 e. The molecule has 0 saturated carbocycles. The number of nitrogens with zero attached hydrogens (tertiary/aromatic N) is 1. The third-order valence-corrected chi connectivity index (χ3v) is 4.12. The minimum absolute atomic E-state index is 0.0255. The Labute approximate surface area is 164 Å². The summed E-state index contributed by atoms with van der Waals surface area (Å²) in [6.45, 7) is 6.28. The first-order chi connectivity index (χ1) is 12.9. The number of benzene rings is 2. The monoisotopic (exact) mass is 383 g/mol. The van der Waals surface area contributed by atoms with Crippen molar-refractivity contribution in [1.29, 1.82) is 5.26 Å². The Kier molecular flexibility index (Phi) is 7.27. The van der Waals surface area contributed by atoms with Gasteiger partial charge in [0.2, 0.25) is 0 Å². The van der Waals surface area contributed by atoms with Crippen molar-refractivity contribution < 1.29 is 9.53 Å². The number of anilines is 1. The van der Waals surface area contributed by atoms with Gasteiger partial charge in [-0.3, -0.25) is 4.79 Å². The summed E-state index contributed by atoms with van der Waals surface area (Å²) in [6, 6.07) is 14.4. The van der Waals surface area contributed by atoms with Gasteiger partial charge in [0.1, 0.15) is 17.4 Å². The second kappa shape index (κ2) is 9.65. The molecular weight excluding hydrogens is 362 g/mol. The normalized spacial score (nSPS) is 12.0. The maximum absolute atomic E-state index is 12.5. The first kappa shape index (κ1) is 20.3. The number of nitrogens with one attached hydrogen (secondary N) is 2. The molecule has 0 radical (unpaired) electrons. The molecule has 1 atom stereocenters. The Morgan fingerprint density at radius 1 is 1.30 bits per heavy atom. The zero-order valence-corrected chi connectivity index (χ0v) is 16.3. The molecule has 0 saturated heterocycles. The third kappa shape index (κ3) is 5.77. The molecule has 6 heteroatoms. The van der Waals surface area contributed by atoms with Crippen LogP contribution < -0.4 is 15.4 Å². The van der Waals surface area contributed by atoms with Gasteiger partial charge in [-0.25, -0.2) is 0 Å². The number of amides is 1. The summed E-state index contributed by atoms with van der Waals surface area (Å²) in [5, 5.41) is 15.7. The number of carbonyl (C=O) groups excluding carboxylic acids is 1. The second-order valence-electron chi connectivity index (χ2n) is 5.99. The summed E-state index contributed by atoms with van der Waals surface area (Å²) in [4.78, 5) is 12.5. The fourth-order valence-corrected chi connectivity index (χ4v) is 2.62. The lowest BCUT2D eigenvalue weighted by Crippen LogP contribution is -2.28. The van der Waals surface area contributed by atoms with E-state index in [0.29, 0.717) is 11.6 Å². The topological polar surface area (TPSA) is 74.1 Å². The lowest BCUT2D eigenvalue weighted by Gasteiger charge is -2.18. The lowest BCUT2D eigenvalue weighted by molar-refractivity contribution is -0.117. The van der Waals surface area contributed by atoms with Gasteiger partial charge in [-0.15, -0.1) is 0 Å². The number of nitriles is 1. The molecule has 1 unspecified atom stereocenters. The maximum Gasteiger partial charge on any atom is 0.263 e. The quantitative estimate of drug-likeness (QED) is 0.534. The molecule has 0 aliphatic rings. The van der Waals surface area contributed by atoms with E-state index >= 15 is 0 Å². The molecule has 140 valence electrons. The van der Waals surface area contributed by atoms with Gasteiger partial charge in [-0.1, -0.05) is 29.3 Å². The van der Waals surface area contributed by atoms with E-state index in [-0.39, 0.29) is 11.6 Å². The van der Waals surface area contributed by atoms with Crippen LogP contribution in [0.15, 0.2) is 54.2 Å². The number of halogens is 1. The van der Waals surface area contributed by atoms with E-state index in [1.165, 1.54) is 6.20 Å². The highest BCUT2D eigenvalue weighted by Gasteiger charge is 2.17. The van der Waals surface area contributed by atoms with Crippen molar-refractivity contribution in [3.8, 4) is 11.8 Å². The Hall–Kier alpha value is -2.97. The Morgan fingerprint density at radius 3 is 2.63 bits per heavy atom. The largest absolute Gasteiger partial charge is 0.494 e. The van der Waals surface area contributed by atoms with Crippen molar-refractivity contribution in [3.05, 3.63) is 70.4 Å². The van der Waals surface area contributed by atoms with Gasteiger partial charge in [-0.05, 0) is 51.1 Å². The van der Waals surface area contributed by atoms with Gasteiger partial charge >= 0.3 is 0 Å². The van der Waals surface area contributed by atoms with Crippen LogP contribution in [0.3, 0.4) is 0 Å². The molecule has 2 rings (SSSR count). The summed E-state index contributed by atoms with van der Waals surface area (Å²) in [5.41, 5.74) is 2.64. The van der Waals surface area contributed by atoms with Crippen LogP contribution >= 0.6 is 11.6 Å². The SMILES string of the molecule is CCOc1ccc(C)cc1C(C)NC(=O)/C(C#N)=C\Nc1ccc(Cl)cc1. The molecule has 27 heavy (non-hydrogen) atoms. The van der Waals surface area contributed by atoms with Crippen LogP contribution in [-0.2, 0) is 4.79 Å². The maximum atomic E-state index is 12.5. The van der Waals surface area contributed by atoms with Gasteiger partial charge in [0.05, 0.1) is 12.6 Å². The van der Waals surface area contributed by atoms with Crippen LogP contribution in [0.4, 0.5) is 5.69 Å². The van der Waals surface area contributed by atoms with Crippen molar-refractivity contribution >= 4 is 23.2 Å². The lowest BCUT2D eigenvalue weighted by atomic mass is 10.0. The van der Waals surface area contributed by atoms with Crippen LogP contribution in [0.1, 0.15) is 31.0 Å². The van der Waals surface area contributed by atoms with E-state index in [1.54, 1.807) is 24.3 Å². The molecule has 0 aliphatic heterocycles. The Morgan fingerprint density at radius 2 is 2.00 bits per heavy atom. The zero-order chi connectivity index (χ0) is 19.8. The fourth-order valence-electron chi connectivity index (χ4n) is 2.50. The van der Waals surface area contributed by atoms with Crippen molar-refractivity contribution in [3.63, 3.8) is 0 Å². The molecule has 2 aromatic carbocycles. The fraction of sp³-hybridized carbons (Fsp3) is 0.238. The molecule has 2 aromatic rings. The molecule has 1 amide bonds. The number of rotatable bonds is 7. The van der Waals surface area contributed by atoms with Gasteiger partial charge in [0, 0.05) is 22.5 Å². The standard InChI is InChI=1S/C21H22ClN3O2/c1-4-27-20-10-5-14(2)11-19(20)15(3)25-21(26)16(12-23)13-24-18-8-6-17(22)7-9-18/h5-11,13,15,24H,4H2,1-3H3,(H,25,26)/b16-13-. The van der Waals surface area contributed by atoms with Gasteiger partial charge in [0.25, 0.3) is 5.91 Å². The van der Waals surface area contributed by atoms with E-state index in [1.807, 2.05) is 45.0 Å². The average Bonchev–Trinajstić information content (AvgIpc) is 2.65. The highest BCUT2D eigenvalue weighted by Crippen LogP contribution is 2.26. The zero-order valence-electron chi connectivity index (χ0n) is 15.5. The molecule has 5 nitrogen and oxygen atoms in total. The summed E-state index contributed by atoms with van der Waals surface area (Å²) < 4.78 is 5.64. The molecular formula is C21H22ClN3O2. The van der Waals surface area contributed by atoms with E-state index in [0.717, 1.165) is 22.6 Å². The molecule has 0 fully saturated rings. The summed E-state index contributed by atoms with van der Waals surface area (Å²) in [7, 11) is 0. The number of hydrogen-bond donors (Lipinski definition) is 2. The highest BCUT2D eigenvalue weighted by molar-refractivity contribution is 6.30. The number of carbonyl (C=O) groups is 1. The summed E-state index contributed by atoms with van der Waals surface area (Å²) in [6.07, 6.45) is 1.38. The molecule has 0 spiro atoms. The van der Waals surface area contributed by atoms with E-state index in [2.05, 4.69) is 10.6 Å². The van der Waals surface area contributed by atoms with Crippen LogP contribution in [-0.4, -0.2) is 12.5 Å². The number of ether oxygens (including phenoxy) is 1. The predicted molar refractivity (Wildman–Crippen MR) is 108 cm³/mol. The van der Waals surface area contributed by atoms with Gasteiger partial charge < -0.3 is 15.4 Å². The molecule has 2 N–H and O–H groups in total. The summed E-state index contributed by atoms with van der Waals surface area (Å²) >= 11 is 5.84. The molecule has 0 bridgehead atoms. The first-order valence-electron chi connectivity index (χ1n) is 8.61. The Balaban J connectivity index is 2.12. The molecule has 0 aliphatic carbocycles. The smallest absolute Gasteiger partial charge is 0.263 e. The third-order valence-electron chi connectivity index (χ3n) is 3.87. The minimum atomic E-state index is -0.463. The van der Waals surface area contributed by atoms with Crippen LogP contribution in [0.25, 0.3) is 0 Å². The van der Waals surface area contributed by atoms with Crippen molar-refractivity contribution in [2.24, 2.45) is 0 Å². The van der Waals surface area contributed by atoms with E-state index < -0.39 is 5.91 Å². The molecule has 0 aromatic heterocycles. The van der Waals surface area contributed by atoms with E-state index in [4.69, 9.17) is 16.3 Å². The van der Waals surface area contributed by atoms with Gasteiger partial charge in [0.15, 0.2) is 0 Å². The van der Waals surface area contributed by atoms with Crippen molar-refractivity contribution in [2.45, 2.75) is 26.8 Å². The van der Waals surface area contributed by atoms with Crippen LogP contribution in [0, 0.1) is 18.3 Å². The predicted octanol–water partition coefficient (Wildman–Crippen LogP) is 4.74. The summed E-state index contributed by atoms with van der Waals surface area (Å²) in [5.74, 6) is 0.257. The van der Waals surface area contributed by atoms with Gasteiger partial charge in [-0.2, -0.15) is 5.26 Å². The Bertz CT molecular complexity index is 870. The number of hydrogen-bond acceptors (Lipinski definition) is 4. The first-order valence-corrected chi connectivity index (χ1v) is 8.99. The number of aryl methyl sites for hydroxylation is 1. The average molecular weight is 384 g/mol. The van der Waals surface area contributed by atoms with E-state index in [9.17, 15) is 10.1 Å².